The predicted molar refractivity (Wildman–Crippen MR) is 133 cm³/mol. The molecule has 1 unspecified atom stereocenters. The van der Waals surface area contributed by atoms with E-state index in [1.165, 1.54) is 22.3 Å². The van der Waals surface area contributed by atoms with Crippen LogP contribution in [0.1, 0.15) is 48.1 Å². The molecule has 0 saturated heterocycles. The van der Waals surface area contributed by atoms with Gasteiger partial charge in [0.2, 0.25) is 11.9 Å². The van der Waals surface area contributed by atoms with Gasteiger partial charge >= 0.3 is 0 Å². The van der Waals surface area contributed by atoms with E-state index in [0.29, 0.717) is 5.95 Å². The van der Waals surface area contributed by atoms with Gasteiger partial charge in [0.05, 0.1) is 17.3 Å². The normalized spacial score (nSPS) is 17.6. The van der Waals surface area contributed by atoms with E-state index >= 15 is 0 Å². The van der Waals surface area contributed by atoms with Gasteiger partial charge in [0.25, 0.3) is 0 Å². The topological polar surface area (TPSA) is 81.9 Å². The molecule has 1 atom stereocenters. The Kier molecular flexibility index (Phi) is 5.36. The number of rotatable bonds is 4. The summed E-state index contributed by atoms with van der Waals surface area (Å²) in [5.41, 5.74) is 8.27. The molecule has 2 aliphatic carbocycles. The maximum absolute atomic E-state index is 12.4. The Morgan fingerprint density at radius 1 is 1.15 bits per heavy atom. The van der Waals surface area contributed by atoms with Crippen LogP contribution < -0.4 is 5.32 Å². The van der Waals surface area contributed by atoms with Crippen molar-refractivity contribution >= 4 is 17.5 Å². The van der Waals surface area contributed by atoms with Gasteiger partial charge in [-0.2, -0.15) is 5.26 Å². The van der Waals surface area contributed by atoms with E-state index < -0.39 is 0 Å². The number of amides is 1. The molecule has 2 aliphatic rings. The molecule has 172 valence electrons. The van der Waals surface area contributed by atoms with Crippen molar-refractivity contribution in [2.24, 2.45) is 5.92 Å². The number of hydrogen-bond donors (Lipinski definition) is 1. The highest BCUT2D eigenvalue weighted by Gasteiger charge is 2.32. The van der Waals surface area contributed by atoms with Crippen molar-refractivity contribution in [2.45, 2.75) is 44.9 Å². The minimum absolute atomic E-state index is 0.0122. The van der Waals surface area contributed by atoms with Gasteiger partial charge in [0.15, 0.2) is 0 Å². The molecule has 34 heavy (non-hydrogen) atoms. The van der Waals surface area contributed by atoms with Gasteiger partial charge < -0.3 is 10.2 Å². The lowest BCUT2D eigenvalue weighted by Gasteiger charge is -2.20. The molecule has 1 N–H and O–H groups in total. The Morgan fingerprint density at radius 2 is 1.94 bits per heavy atom. The van der Waals surface area contributed by atoms with E-state index in [9.17, 15) is 10.1 Å². The summed E-state index contributed by atoms with van der Waals surface area (Å²) in [4.78, 5) is 23.2. The van der Waals surface area contributed by atoms with Crippen LogP contribution >= 0.6 is 0 Å². The summed E-state index contributed by atoms with van der Waals surface area (Å²) < 4.78 is 0. The summed E-state index contributed by atoms with van der Waals surface area (Å²) in [5.74, 6) is 0.698. The molecule has 3 aromatic rings. The van der Waals surface area contributed by atoms with Crippen LogP contribution in [0.5, 0.6) is 0 Å². The number of aromatic nitrogens is 2. The number of anilines is 2. The van der Waals surface area contributed by atoms with Gasteiger partial charge in [-0.05, 0) is 83.7 Å². The third kappa shape index (κ3) is 3.92. The summed E-state index contributed by atoms with van der Waals surface area (Å²) in [7, 11) is 3.62. The van der Waals surface area contributed by atoms with Gasteiger partial charge in [-0.3, -0.25) is 4.79 Å². The highest BCUT2D eigenvalue weighted by molar-refractivity contribution is 5.80. The van der Waals surface area contributed by atoms with Crippen LogP contribution in [0.2, 0.25) is 0 Å². The van der Waals surface area contributed by atoms with Crippen molar-refractivity contribution in [1.82, 2.24) is 14.9 Å². The quantitative estimate of drug-likeness (QED) is 0.617. The lowest BCUT2D eigenvalue weighted by atomic mass is 9.84. The molecule has 0 spiro atoms. The van der Waals surface area contributed by atoms with E-state index in [-0.39, 0.29) is 17.2 Å². The molecule has 1 heterocycles. The van der Waals surface area contributed by atoms with Crippen LogP contribution in [0, 0.1) is 17.2 Å². The van der Waals surface area contributed by atoms with Gasteiger partial charge in [-0.15, -0.1) is 0 Å². The van der Waals surface area contributed by atoms with E-state index in [1.54, 1.807) is 11.1 Å². The smallest absolute Gasteiger partial charge is 0.227 e. The average molecular weight is 452 g/mol. The first-order chi connectivity index (χ1) is 16.2. The average Bonchev–Trinajstić information content (AvgIpc) is 3.38. The van der Waals surface area contributed by atoms with Crippen LogP contribution in [-0.2, 0) is 29.5 Å². The summed E-state index contributed by atoms with van der Waals surface area (Å²) in [5, 5.41) is 13.1. The van der Waals surface area contributed by atoms with Crippen molar-refractivity contribution in [3.05, 3.63) is 70.4 Å². The highest BCUT2D eigenvalue weighted by Crippen LogP contribution is 2.42. The molecule has 0 bridgehead atoms. The molecular formula is C28H29N5O. The number of fused-ring (bicyclic) bond motifs is 2. The molecule has 6 heteroatoms. The number of carbonyl (C=O) groups excluding carboxylic acids is 1. The number of carbonyl (C=O) groups is 1. The molecule has 5 rings (SSSR count). The minimum Gasteiger partial charge on any atom is -0.349 e. The van der Waals surface area contributed by atoms with Gasteiger partial charge in [0, 0.05) is 37.5 Å². The minimum atomic E-state index is 0.0122. The molecular weight excluding hydrogens is 422 g/mol. The van der Waals surface area contributed by atoms with Crippen molar-refractivity contribution < 1.29 is 4.79 Å². The standard InChI is InChI=1S/C28H29N5O/c1-28(2)9-7-23-21(16-29)13-19(15-24(23)28)25-8-10-30-27(32-25)31-22-6-5-17-11-20(12-18(17)14-22)26(34)33(3)4/h5-6,8,10,13-15,20H,7,9,11-12H2,1-4H3,(H,30,31,32). The third-order valence-electron chi connectivity index (χ3n) is 7.24. The number of nitrogens with zero attached hydrogens (tertiary/aromatic N) is 4. The largest absolute Gasteiger partial charge is 0.349 e. The monoisotopic (exact) mass is 451 g/mol. The summed E-state index contributed by atoms with van der Waals surface area (Å²) in [6, 6.07) is 14.6. The number of nitriles is 1. The fourth-order valence-corrected chi connectivity index (χ4v) is 5.31. The van der Waals surface area contributed by atoms with Crippen molar-refractivity contribution in [3.8, 4) is 17.3 Å². The second-order valence-electron chi connectivity index (χ2n) is 10.3. The molecule has 1 amide bonds. The van der Waals surface area contributed by atoms with Crippen LogP contribution in [0.4, 0.5) is 11.6 Å². The van der Waals surface area contributed by atoms with Crippen LogP contribution in [0.3, 0.4) is 0 Å². The van der Waals surface area contributed by atoms with Gasteiger partial charge in [0.1, 0.15) is 0 Å². The van der Waals surface area contributed by atoms with Crippen molar-refractivity contribution in [1.29, 1.82) is 5.26 Å². The number of benzene rings is 2. The fourth-order valence-electron chi connectivity index (χ4n) is 5.31. The van der Waals surface area contributed by atoms with Crippen molar-refractivity contribution in [3.63, 3.8) is 0 Å². The third-order valence-corrected chi connectivity index (χ3v) is 7.24. The Morgan fingerprint density at radius 3 is 2.71 bits per heavy atom. The first-order valence-corrected chi connectivity index (χ1v) is 11.8. The Labute approximate surface area is 200 Å². The van der Waals surface area contributed by atoms with Crippen LogP contribution in [0.15, 0.2) is 42.6 Å². The summed E-state index contributed by atoms with van der Waals surface area (Å²) >= 11 is 0. The Hall–Kier alpha value is -3.72. The highest BCUT2D eigenvalue weighted by atomic mass is 16.2. The Balaban J connectivity index is 1.41. The second kappa shape index (κ2) is 8.25. The van der Waals surface area contributed by atoms with E-state index in [1.807, 2.05) is 32.3 Å². The van der Waals surface area contributed by atoms with E-state index in [2.05, 4.69) is 48.4 Å². The molecule has 6 nitrogen and oxygen atoms in total. The van der Waals surface area contributed by atoms with Gasteiger partial charge in [-0.25, -0.2) is 9.97 Å². The maximum Gasteiger partial charge on any atom is 0.227 e. The maximum atomic E-state index is 12.4. The van der Waals surface area contributed by atoms with Crippen molar-refractivity contribution in [2.75, 3.05) is 19.4 Å². The zero-order valence-electron chi connectivity index (χ0n) is 20.1. The predicted octanol–water partition coefficient (Wildman–Crippen LogP) is 4.79. The van der Waals surface area contributed by atoms with Crippen LogP contribution in [-0.4, -0.2) is 34.9 Å². The summed E-state index contributed by atoms with van der Waals surface area (Å²) in [6.45, 7) is 4.47. The SMILES string of the molecule is CN(C)C(=O)C1Cc2ccc(Nc3nccc(-c4cc(C#N)c5c(c4)C(C)(C)CC5)n3)cc2C1. The zero-order chi connectivity index (χ0) is 24.0. The summed E-state index contributed by atoms with van der Waals surface area (Å²) in [6.07, 6.45) is 5.28. The van der Waals surface area contributed by atoms with E-state index in [0.717, 1.165) is 48.2 Å². The zero-order valence-corrected chi connectivity index (χ0v) is 20.1. The lowest BCUT2D eigenvalue weighted by molar-refractivity contribution is -0.132. The molecule has 0 aliphatic heterocycles. The Bertz CT molecular complexity index is 1340. The first kappa shape index (κ1) is 22.1. The molecule has 0 fully saturated rings. The lowest BCUT2D eigenvalue weighted by Crippen LogP contribution is -2.29. The van der Waals surface area contributed by atoms with Crippen LogP contribution in [0.25, 0.3) is 11.3 Å². The fraction of sp³-hybridized carbons (Fsp3) is 0.357. The molecule has 2 aromatic carbocycles. The second-order valence-corrected chi connectivity index (χ2v) is 10.3. The molecule has 0 radical (unpaired) electrons. The number of hydrogen-bond acceptors (Lipinski definition) is 5. The number of nitrogens with one attached hydrogen (secondary N) is 1. The van der Waals surface area contributed by atoms with E-state index in [4.69, 9.17) is 4.98 Å². The molecule has 1 aromatic heterocycles. The van der Waals surface area contributed by atoms with Gasteiger partial charge in [-0.1, -0.05) is 19.9 Å². The first-order valence-electron chi connectivity index (χ1n) is 11.8. The molecule has 0 saturated carbocycles.